The van der Waals surface area contributed by atoms with Crippen molar-refractivity contribution in [2.24, 2.45) is 0 Å². The Morgan fingerprint density at radius 2 is 1.19 bits per heavy atom. The van der Waals surface area contributed by atoms with E-state index in [0.717, 1.165) is 0 Å². The van der Waals surface area contributed by atoms with Crippen LogP contribution in [-0.2, 0) is 0 Å². The average molecular weight is 426 g/mol. The second-order valence-corrected chi connectivity index (χ2v) is 6.91. The van der Waals surface area contributed by atoms with Crippen LogP contribution in [0.4, 0.5) is 0 Å². The number of hydrogen-bond donors (Lipinski definition) is 0. The number of carbonyl (C=O) groups excluding carboxylic acids is 2. The number of esters is 2. The average Bonchev–Trinajstić information content (AvgIpc) is 2.80. The van der Waals surface area contributed by atoms with Crippen molar-refractivity contribution in [3.05, 3.63) is 89.0 Å². The highest BCUT2D eigenvalue weighted by Crippen LogP contribution is 2.38. The van der Waals surface area contributed by atoms with Gasteiger partial charge in [-0.25, -0.2) is 9.59 Å². The van der Waals surface area contributed by atoms with Crippen molar-refractivity contribution in [2.75, 3.05) is 0 Å². The van der Waals surface area contributed by atoms with Crippen LogP contribution >= 0.6 is 0 Å². The molecule has 0 unspecified atom stereocenters. The maximum absolute atomic E-state index is 12.7. The van der Waals surface area contributed by atoms with E-state index in [1.165, 1.54) is 54.6 Å². The molecule has 0 saturated heterocycles. The van der Waals surface area contributed by atoms with Crippen LogP contribution in [0.15, 0.2) is 66.7 Å². The van der Waals surface area contributed by atoms with Gasteiger partial charge in [0.05, 0.1) is 40.5 Å². The van der Waals surface area contributed by atoms with Gasteiger partial charge in [-0.05, 0) is 74.5 Å². The summed E-state index contributed by atoms with van der Waals surface area (Å²) in [5, 5.41) is 17.8. The third-order valence-electron chi connectivity index (χ3n) is 4.20. The van der Waals surface area contributed by atoms with Crippen molar-refractivity contribution in [1.82, 2.24) is 0 Å². The van der Waals surface area contributed by atoms with Gasteiger partial charge in [-0.2, -0.15) is 10.5 Å². The predicted molar refractivity (Wildman–Crippen MR) is 114 cm³/mol. The number of carbonyl (C=O) groups is 2. The molecule has 0 N–H and O–H groups in total. The molecule has 0 fully saturated rings. The molecular weight excluding hydrogens is 408 g/mol. The molecule has 0 aromatic heterocycles. The summed E-state index contributed by atoms with van der Waals surface area (Å²) in [7, 11) is 0. The van der Waals surface area contributed by atoms with Crippen LogP contribution in [0.1, 0.15) is 45.7 Å². The lowest BCUT2D eigenvalue weighted by Crippen LogP contribution is -2.15. The Labute approximate surface area is 185 Å². The molecule has 3 aromatic carbocycles. The van der Waals surface area contributed by atoms with Crippen LogP contribution in [0, 0.1) is 22.7 Å². The summed E-state index contributed by atoms with van der Waals surface area (Å²) in [6.45, 7) is 3.61. The van der Waals surface area contributed by atoms with Gasteiger partial charge in [-0.15, -0.1) is 0 Å². The minimum absolute atomic E-state index is 0.000459. The zero-order valence-electron chi connectivity index (χ0n) is 17.4. The molecule has 158 valence electrons. The van der Waals surface area contributed by atoms with Gasteiger partial charge in [0, 0.05) is 0 Å². The second-order valence-electron chi connectivity index (χ2n) is 6.91. The number of ether oxygens (including phenoxy) is 3. The fraction of sp³-hybridized carbons (Fsp3) is 0.120. The lowest BCUT2D eigenvalue weighted by atomic mass is 10.1. The first-order valence-corrected chi connectivity index (χ1v) is 9.65. The smallest absolute Gasteiger partial charge is 0.343 e. The number of para-hydroxylation sites is 1. The Bertz CT molecular complexity index is 1220. The van der Waals surface area contributed by atoms with Crippen LogP contribution in [-0.4, -0.2) is 18.0 Å². The number of hydrogen-bond acceptors (Lipinski definition) is 7. The molecule has 7 nitrogen and oxygen atoms in total. The monoisotopic (exact) mass is 426 g/mol. The highest BCUT2D eigenvalue weighted by atomic mass is 16.6. The summed E-state index contributed by atoms with van der Waals surface area (Å²) in [4.78, 5) is 25.3. The zero-order valence-corrected chi connectivity index (χ0v) is 17.4. The Morgan fingerprint density at radius 1 is 0.719 bits per heavy atom. The Balaban J connectivity index is 1.91. The maximum atomic E-state index is 12.7. The Hall–Kier alpha value is -4.62. The highest BCUT2D eigenvalue weighted by molar-refractivity contribution is 5.93. The van der Waals surface area contributed by atoms with Crippen molar-refractivity contribution >= 4 is 11.9 Å². The molecule has 0 amide bonds. The van der Waals surface area contributed by atoms with Crippen LogP contribution < -0.4 is 14.2 Å². The van der Waals surface area contributed by atoms with Crippen molar-refractivity contribution in [1.29, 1.82) is 10.5 Å². The number of rotatable bonds is 6. The summed E-state index contributed by atoms with van der Waals surface area (Å²) in [6, 6.07) is 20.5. The molecule has 0 aliphatic carbocycles. The molecule has 0 bridgehead atoms. The fourth-order valence-electron chi connectivity index (χ4n) is 2.70. The third-order valence-corrected chi connectivity index (χ3v) is 4.20. The molecule has 0 aliphatic heterocycles. The first-order chi connectivity index (χ1) is 15.4. The van der Waals surface area contributed by atoms with Gasteiger partial charge >= 0.3 is 11.9 Å². The van der Waals surface area contributed by atoms with E-state index in [9.17, 15) is 9.59 Å². The lowest BCUT2D eigenvalue weighted by molar-refractivity contribution is 0.0674. The van der Waals surface area contributed by atoms with Crippen molar-refractivity contribution in [2.45, 2.75) is 20.0 Å². The first-order valence-electron chi connectivity index (χ1n) is 9.65. The molecule has 0 saturated carbocycles. The predicted octanol–water partition coefficient (Wildman–Crippen LogP) is 4.66. The highest BCUT2D eigenvalue weighted by Gasteiger charge is 2.21. The second kappa shape index (κ2) is 9.92. The van der Waals surface area contributed by atoms with Gasteiger partial charge in [0.2, 0.25) is 5.75 Å². The normalized spacial score (nSPS) is 10.0. The van der Waals surface area contributed by atoms with Gasteiger partial charge in [-0.3, -0.25) is 0 Å². The summed E-state index contributed by atoms with van der Waals surface area (Å²) in [5.41, 5.74) is 1.25. The van der Waals surface area contributed by atoms with E-state index in [0.29, 0.717) is 11.1 Å². The lowest BCUT2D eigenvalue weighted by Gasteiger charge is -2.17. The number of benzene rings is 3. The minimum Gasteiger partial charge on any atom is -0.487 e. The molecule has 3 rings (SSSR count). The van der Waals surface area contributed by atoms with Crippen LogP contribution in [0.2, 0.25) is 0 Å². The van der Waals surface area contributed by atoms with Gasteiger partial charge in [0.15, 0.2) is 11.5 Å². The molecule has 0 heterocycles. The molecule has 0 spiro atoms. The van der Waals surface area contributed by atoms with E-state index in [2.05, 4.69) is 0 Å². The summed E-state index contributed by atoms with van der Waals surface area (Å²) in [5.74, 6) is -1.21. The Morgan fingerprint density at radius 3 is 1.66 bits per heavy atom. The van der Waals surface area contributed by atoms with Crippen molar-refractivity contribution in [3.8, 4) is 29.4 Å². The van der Waals surface area contributed by atoms with E-state index in [4.69, 9.17) is 24.7 Å². The largest absolute Gasteiger partial charge is 0.487 e. The van der Waals surface area contributed by atoms with Crippen molar-refractivity contribution < 1.29 is 23.8 Å². The van der Waals surface area contributed by atoms with Crippen molar-refractivity contribution in [3.63, 3.8) is 0 Å². The van der Waals surface area contributed by atoms with Crippen LogP contribution in [0.3, 0.4) is 0 Å². The first kappa shape index (κ1) is 22.1. The molecule has 7 heteroatoms. The Kier molecular flexibility index (Phi) is 6.85. The SMILES string of the molecule is CC(C)Oc1cccc(OC(=O)c2ccc(C#N)cc2)c1OC(=O)c1ccc(C#N)cc1. The topological polar surface area (TPSA) is 109 Å². The van der Waals surface area contributed by atoms with Gasteiger partial charge in [-0.1, -0.05) is 6.07 Å². The fourth-order valence-corrected chi connectivity index (χ4v) is 2.70. The molecule has 32 heavy (non-hydrogen) atoms. The summed E-state index contributed by atoms with van der Waals surface area (Å²) >= 11 is 0. The van der Waals surface area contributed by atoms with Crippen LogP contribution in [0.25, 0.3) is 0 Å². The van der Waals surface area contributed by atoms with E-state index < -0.39 is 11.9 Å². The molecule has 0 radical (unpaired) electrons. The molecule has 0 aliphatic rings. The van der Waals surface area contributed by atoms with Gasteiger partial charge in [0.25, 0.3) is 0 Å². The molecular formula is C25H18N2O5. The van der Waals surface area contributed by atoms with Crippen LogP contribution in [0.5, 0.6) is 17.2 Å². The molecule has 3 aromatic rings. The summed E-state index contributed by atoms with van der Waals surface area (Å²) in [6.07, 6.45) is -0.230. The summed E-state index contributed by atoms with van der Waals surface area (Å²) < 4.78 is 16.8. The third kappa shape index (κ3) is 5.29. The van der Waals surface area contributed by atoms with Gasteiger partial charge < -0.3 is 14.2 Å². The maximum Gasteiger partial charge on any atom is 0.343 e. The minimum atomic E-state index is -0.704. The molecule has 0 atom stereocenters. The quantitative estimate of drug-likeness (QED) is 0.417. The van der Waals surface area contributed by atoms with E-state index in [-0.39, 0.29) is 34.5 Å². The van der Waals surface area contributed by atoms with Gasteiger partial charge in [0.1, 0.15) is 0 Å². The van der Waals surface area contributed by atoms with E-state index in [1.807, 2.05) is 26.0 Å². The van der Waals surface area contributed by atoms with E-state index >= 15 is 0 Å². The zero-order chi connectivity index (χ0) is 23.1. The number of nitriles is 2. The standard InChI is InChI=1S/C25H18N2O5/c1-16(2)30-21-4-3-5-22(31-24(28)19-10-6-17(14-26)7-11-19)23(21)32-25(29)20-12-8-18(15-27)9-13-20/h3-13,16H,1-2H3. The number of nitrogens with zero attached hydrogens (tertiary/aromatic N) is 2. The van der Waals surface area contributed by atoms with E-state index in [1.54, 1.807) is 12.1 Å².